The summed E-state index contributed by atoms with van der Waals surface area (Å²) in [6, 6.07) is 0.779. The molecule has 6 atom stereocenters. The highest BCUT2D eigenvalue weighted by molar-refractivity contribution is 7.88. The zero-order valence-electron chi connectivity index (χ0n) is 31.3. The number of rotatable bonds is 14. The van der Waals surface area contributed by atoms with Crippen LogP contribution in [0.2, 0.25) is 0 Å². The third kappa shape index (κ3) is 10.6. The van der Waals surface area contributed by atoms with Crippen molar-refractivity contribution in [3.8, 4) is 0 Å². The van der Waals surface area contributed by atoms with E-state index >= 15 is 0 Å². The lowest BCUT2D eigenvalue weighted by Crippen LogP contribution is -2.62. The summed E-state index contributed by atoms with van der Waals surface area (Å²) in [5, 5.41) is 10.6. The molecule has 0 aromatic heterocycles. The van der Waals surface area contributed by atoms with E-state index in [1.54, 1.807) is 32.9 Å². The number of fused-ring (bicyclic) bond motifs is 1. The number of likely N-dealkylation sites (N-methyl/N-ethyl adjacent to an activating group) is 1. The molecule has 4 N–H and O–H groups in total. The Labute approximate surface area is 300 Å². The number of nitrogens with one attached hydrogen (secondary N) is 4. The summed E-state index contributed by atoms with van der Waals surface area (Å²) < 4.78 is 66.7. The van der Waals surface area contributed by atoms with Crippen LogP contribution < -0.4 is 21.3 Å². The van der Waals surface area contributed by atoms with Gasteiger partial charge in [0.25, 0.3) is 0 Å². The highest BCUT2D eigenvalue weighted by Crippen LogP contribution is 2.65. The molecule has 16 heteroatoms. The number of hydrogen-bond acceptors (Lipinski definition) is 6. The van der Waals surface area contributed by atoms with E-state index in [1.165, 1.54) is 24.1 Å². The van der Waals surface area contributed by atoms with Crippen molar-refractivity contribution in [2.75, 3.05) is 32.9 Å². The van der Waals surface area contributed by atoms with E-state index in [2.05, 4.69) is 21.3 Å². The van der Waals surface area contributed by atoms with Gasteiger partial charge in [-0.05, 0) is 46.1 Å². The van der Waals surface area contributed by atoms with Gasteiger partial charge in [0.1, 0.15) is 23.9 Å². The maximum atomic E-state index is 14.3. The molecule has 1 aliphatic heterocycles. The number of sulfonamides is 1. The van der Waals surface area contributed by atoms with Crippen molar-refractivity contribution in [2.24, 2.45) is 28.1 Å². The minimum absolute atomic E-state index is 0.0206. The van der Waals surface area contributed by atoms with Crippen molar-refractivity contribution in [1.29, 1.82) is 0 Å². The molecule has 1 saturated heterocycles. The van der Waals surface area contributed by atoms with E-state index in [4.69, 9.17) is 0 Å². The molecule has 12 nitrogen and oxygen atoms in total. The summed E-state index contributed by atoms with van der Waals surface area (Å²) in [6.07, 6.45) is -2.73. The van der Waals surface area contributed by atoms with Crippen molar-refractivity contribution in [3.63, 3.8) is 0 Å². The summed E-state index contributed by atoms with van der Waals surface area (Å²) >= 11 is 0. The predicted molar refractivity (Wildman–Crippen MR) is 188 cm³/mol. The maximum absolute atomic E-state index is 14.3. The Morgan fingerprint density at radius 1 is 1.00 bits per heavy atom. The van der Waals surface area contributed by atoms with Crippen molar-refractivity contribution in [2.45, 2.75) is 98.8 Å². The highest BCUT2D eigenvalue weighted by atomic mass is 32.2. The Morgan fingerprint density at radius 2 is 1.61 bits per heavy atom. The van der Waals surface area contributed by atoms with Gasteiger partial charge in [0.2, 0.25) is 34.2 Å². The monoisotopic (exact) mass is 744 g/mol. The second-order valence-electron chi connectivity index (χ2n) is 16.6. The van der Waals surface area contributed by atoms with Crippen LogP contribution in [0, 0.1) is 33.9 Å². The van der Waals surface area contributed by atoms with Gasteiger partial charge >= 0.3 is 6.03 Å². The lowest BCUT2D eigenvalue weighted by Gasteiger charge is -2.39. The molecule has 0 bridgehead atoms. The Kier molecular flexibility index (Phi) is 12.9. The summed E-state index contributed by atoms with van der Waals surface area (Å²) in [5.41, 5.74) is -1.43. The van der Waals surface area contributed by atoms with Crippen LogP contribution in [-0.2, 0) is 30.8 Å². The van der Waals surface area contributed by atoms with E-state index < -0.39 is 87.4 Å². The quantitative estimate of drug-likeness (QED) is 0.230. The van der Waals surface area contributed by atoms with Gasteiger partial charge in [-0.15, -0.1) is 0 Å². The topological polar surface area (TPSA) is 157 Å². The Hall–Kier alpha value is -3.40. The molecule has 0 unspecified atom stereocenters. The average molecular weight is 745 g/mol. The molecule has 1 aromatic carbocycles. The molecule has 0 radical (unpaired) electrons. The Morgan fingerprint density at radius 3 is 2.14 bits per heavy atom. The summed E-state index contributed by atoms with van der Waals surface area (Å²) in [5.74, 6) is -3.03. The molecule has 3 rings (SSSR count). The number of nitrogens with zero attached hydrogens (tertiary/aromatic N) is 2. The van der Waals surface area contributed by atoms with Gasteiger partial charge < -0.3 is 26.2 Å². The van der Waals surface area contributed by atoms with Crippen LogP contribution in [0.1, 0.15) is 67.4 Å². The molecule has 0 spiro atoms. The molecule has 1 aromatic rings. The van der Waals surface area contributed by atoms with Gasteiger partial charge in [0.05, 0.1) is 6.26 Å². The van der Waals surface area contributed by atoms with Crippen molar-refractivity contribution in [1.82, 2.24) is 30.5 Å². The van der Waals surface area contributed by atoms with E-state index in [0.29, 0.717) is 5.56 Å². The van der Waals surface area contributed by atoms with Crippen LogP contribution in [0.4, 0.5) is 18.0 Å². The van der Waals surface area contributed by atoms with Gasteiger partial charge in [-0.2, -0.15) is 0 Å². The van der Waals surface area contributed by atoms with Crippen LogP contribution >= 0.6 is 0 Å². The molecule has 2 aliphatic rings. The third-order valence-electron chi connectivity index (χ3n) is 10.2. The number of piperidine rings is 1. The van der Waals surface area contributed by atoms with Gasteiger partial charge in [0.15, 0.2) is 0 Å². The van der Waals surface area contributed by atoms with E-state index in [-0.39, 0.29) is 43.3 Å². The first-order valence-electron chi connectivity index (χ1n) is 17.1. The Balaban J connectivity index is 1.80. The molecule has 1 aliphatic carbocycles. The number of carbonyl (C=O) groups is 4. The largest absolute Gasteiger partial charge is 0.354 e. The van der Waals surface area contributed by atoms with Crippen molar-refractivity contribution >= 4 is 33.8 Å². The van der Waals surface area contributed by atoms with Gasteiger partial charge in [-0.1, -0.05) is 73.6 Å². The average Bonchev–Trinajstić information content (AvgIpc) is 3.29. The number of halogens is 3. The number of benzene rings is 1. The first-order valence-corrected chi connectivity index (χ1v) is 19.0. The zero-order chi connectivity index (χ0) is 38.9. The summed E-state index contributed by atoms with van der Waals surface area (Å²) in [7, 11) is -2.14. The number of alkyl halides is 2. The third-order valence-corrected chi connectivity index (χ3v) is 11.5. The number of urea groups is 1. The molecule has 2 fully saturated rings. The predicted octanol–water partition coefficient (Wildman–Crippen LogP) is 3.13. The first kappa shape index (κ1) is 42.0. The fourth-order valence-corrected chi connectivity index (χ4v) is 7.12. The van der Waals surface area contributed by atoms with Gasteiger partial charge in [-0.25, -0.2) is 30.7 Å². The van der Waals surface area contributed by atoms with Crippen LogP contribution in [-0.4, -0.2) is 105 Å². The van der Waals surface area contributed by atoms with Crippen LogP contribution in [0.25, 0.3) is 0 Å². The Bertz CT molecular complexity index is 1560. The molecular formula is C35H55F3N6O6S. The SMILES string of the molecule is CN(C[C@@H](NC(=O)N[C@H](C(=O)N1C[C@H]2[C@@H]([C@H]1C(=O)N[C@@H](CC(F)F)C(=O)NCCc1ccccc1F)C2(C)C)C(C)(C)C)C(C)(C)C)S(C)(=O)=O. The summed E-state index contributed by atoms with van der Waals surface area (Å²) in [6.45, 7) is 14.8. The number of hydrogen-bond donors (Lipinski definition) is 4. The number of likely N-dealkylation sites (tertiary alicyclic amines) is 1. The first-order chi connectivity index (χ1) is 23.3. The lowest BCUT2D eigenvalue weighted by molar-refractivity contribution is -0.144. The van der Waals surface area contributed by atoms with E-state index in [1.807, 2.05) is 34.6 Å². The normalized spacial score (nSPS) is 21.8. The second kappa shape index (κ2) is 15.7. The van der Waals surface area contributed by atoms with E-state index in [9.17, 15) is 40.8 Å². The molecule has 1 heterocycles. The van der Waals surface area contributed by atoms with Crippen LogP contribution in [0.5, 0.6) is 0 Å². The fraction of sp³-hybridized carbons (Fsp3) is 0.714. The molecule has 5 amide bonds. The zero-order valence-corrected chi connectivity index (χ0v) is 32.1. The van der Waals surface area contributed by atoms with Crippen molar-refractivity contribution in [3.05, 3.63) is 35.6 Å². The second-order valence-corrected chi connectivity index (χ2v) is 18.7. The number of amides is 5. The molecule has 288 valence electrons. The van der Waals surface area contributed by atoms with Crippen LogP contribution in [0.15, 0.2) is 24.3 Å². The lowest BCUT2D eigenvalue weighted by atomic mass is 9.85. The minimum atomic E-state index is -3.55. The van der Waals surface area contributed by atoms with Gasteiger partial charge in [0, 0.05) is 39.1 Å². The molecule has 1 saturated carbocycles. The van der Waals surface area contributed by atoms with Gasteiger partial charge in [-0.3, -0.25) is 14.4 Å². The summed E-state index contributed by atoms with van der Waals surface area (Å²) in [4.78, 5) is 56.1. The number of carbonyl (C=O) groups excluding carboxylic acids is 4. The smallest absolute Gasteiger partial charge is 0.315 e. The fourth-order valence-electron chi connectivity index (χ4n) is 6.70. The molecular weight excluding hydrogens is 689 g/mol. The maximum Gasteiger partial charge on any atom is 0.315 e. The minimum Gasteiger partial charge on any atom is -0.354 e. The molecule has 51 heavy (non-hydrogen) atoms. The highest BCUT2D eigenvalue weighted by Gasteiger charge is 2.70. The van der Waals surface area contributed by atoms with E-state index in [0.717, 1.165) is 10.6 Å². The standard InChI is InChI=1S/C35H55F3N6O6S/c1-33(2,3)24(19-43(9)51(10,49)50)41-32(48)42-28(34(4,5)6)31(47)44-18-21-26(35(21,7)8)27(44)30(46)40-23(17-25(37)38)29(45)39-16-15-20-13-11-12-14-22(20)36/h11-14,21,23-28H,15-19H2,1-10H3,(H,39,45)(H,40,46)(H2,41,42,48)/t21-,23-,24+,26-,27-,28+/m0/s1. The van der Waals surface area contributed by atoms with Crippen molar-refractivity contribution < 1.29 is 40.8 Å². The van der Waals surface area contributed by atoms with Crippen LogP contribution in [0.3, 0.4) is 0 Å².